The van der Waals surface area contributed by atoms with E-state index in [0.29, 0.717) is 18.7 Å². The van der Waals surface area contributed by atoms with Gasteiger partial charge in [0.1, 0.15) is 0 Å². The lowest BCUT2D eigenvalue weighted by Crippen LogP contribution is -2.18. The van der Waals surface area contributed by atoms with E-state index in [1.165, 1.54) is 0 Å². The second kappa shape index (κ2) is 6.73. The van der Waals surface area contributed by atoms with Gasteiger partial charge in [-0.15, -0.1) is 0 Å². The number of aromatic nitrogens is 2. The third kappa shape index (κ3) is 2.41. The van der Waals surface area contributed by atoms with Crippen molar-refractivity contribution in [1.29, 1.82) is 0 Å². The molecule has 0 bridgehead atoms. The number of nitrogens with zero attached hydrogens (tertiary/aromatic N) is 2. The topological polar surface area (TPSA) is 52.7 Å². The number of esters is 1. The molecule has 0 fully saturated rings. The Hall–Kier alpha value is -3.60. The number of fused-ring (bicyclic) bond motifs is 8. The molecule has 150 valence electrons. The molecule has 5 nitrogen and oxygen atoms in total. The predicted octanol–water partition coefficient (Wildman–Crippen LogP) is 5.07. The molecule has 0 radical (unpaired) electrons. The Balaban J connectivity index is 2.05. The normalized spacial score (nSPS) is 11.7. The maximum absolute atomic E-state index is 12.6. The summed E-state index contributed by atoms with van der Waals surface area (Å²) in [5.41, 5.74) is 4.32. The zero-order valence-corrected chi connectivity index (χ0v) is 17.2. The molecule has 30 heavy (non-hydrogen) atoms. The average Bonchev–Trinajstić information content (AvgIpc) is 3.11. The van der Waals surface area contributed by atoms with E-state index in [0.717, 1.165) is 43.8 Å². The van der Waals surface area contributed by atoms with Crippen LogP contribution in [0.15, 0.2) is 59.4 Å². The molecule has 2 aromatic carbocycles. The van der Waals surface area contributed by atoms with Crippen LogP contribution in [0.4, 0.5) is 0 Å². The number of carbonyl (C=O) groups is 1. The first-order valence-electron chi connectivity index (χ1n) is 10.2. The van der Waals surface area contributed by atoms with Gasteiger partial charge in [-0.2, -0.15) is 0 Å². The van der Waals surface area contributed by atoms with Crippen LogP contribution in [0.3, 0.4) is 0 Å². The van der Waals surface area contributed by atoms with Crippen LogP contribution in [0.5, 0.6) is 0 Å². The van der Waals surface area contributed by atoms with Gasteiger partial charge in [0.2, 0.25) is 0 Å². The zero-order valence-electron chi connectivity index (χ0n) is 17.2. The molecular formula is C25H22N2O3. The fourth-order valence-corrected chi connectivity index (χ4v) is 4.62. The highest BCUT2D eigenvalue weighted by Crippen LogP contribution is 2.36. The minimum absolute atomic E-state index is 0.00326. The lowest BCUT2D eigenvalue weighted by atomic mass is 10.0. The third-order valence-corrected chi connectivity index (χ3v) is 5.92. The monoisotopic (exact) mass is 398 g/mol. The molecule has 0 aliphatic rings. The van der Waals surface area contributed by atoms with Gasteiger partial charge in [0.05, 0.1) is 28.7 Å². The molecule has 0 aliphatic carbocycles. The van der Waals surface area contributed by atoms with Crippen LogP contribution in [0.1, 0.15) is 29.9 Å². The number of rotatable bonds is 3. The molecule has 5 aromatic rings. The van der Waals surface area contributed by atoms with Crippen LogP contribution < -0.4 is 5.56 Å². The van der Waals surface area contributed by atoms with Crippen molar-refractivity contribution in [3.05, 3.63) is 76.2 Å². The molecular weight excluding hydrogens is 376 g/mol. The fourth-order valence-electron chi connectivity index (χ4n) is 4.62. The maximum Gasteiger partial charge on any atom is 0.339 e. The minimum Gasteiger partial charge on any atom is -0.462 e. The molecule has 5 rings (SSSR count). The van der Waals surface area contributed by atoms with Crippen molar-refractivity contribution < 1.29 is 9.53 Å². The van der Waals surface area contributed by atoms with E-state index in [1.807, 2.05) is 57.2 Å². The van der Waals surface area contributed by atoms with Gasteiger partial charge in [0.25, 0.3) is 5.56 Å². The molecule has 5 heteroatoms. The molecule has 0 N–H and O–H groups in total. The van der Waals surface area contributed by atoms with Crippen molar-refractivity contribution in [1.82, 2.24) is 8.97 Å². The summed E-state index contributed by atoms with van der Waals surface area (Å²) >= 11 is 0. The van der Waals surface area contributed by atoms with Crippen molar-refractivity contribution in [2.45, 2.75) is 27.3 Å². The van der Waals surface area contributed by atoms with E-state index >= 15 is 0 Å². The van der Waals surface area contributed by atoms with Crippen LogP contribution in [0.2, 0.25) is 0 Å². The first-order valence-corrected chi connectivity index (χ1v) is 10.2. The first-order chi connectivity index (χ1) is 14.6. The van der Waals surface area contributed by atoms with Gasteiger partial charge < -0.3 is 13.7 Å². The van der Waals surface area contributed by atoms with Crippen molar-refractivity contribution in [3.8, 4) is 0 Å². The molecule has 0 saturated heterocycles. The highest BCUT2D eigenvalue weighted by atomic mass is 16.5. The fraction of sp³-hybridized carbons (Fsp3) is 0.200. The lowest BCUT2D eigenvalue weighted by Gasteiger charge is -2.15. The summed E-state index contributed by atoms with van der Waals surface area (Å²) in [6, 6.07) is 17.7. The third-order valence-electron chi connectivity index (χ3n) is 5.92. The van der Waals surface area contributed by atoms with Gasteiger partial charge in [-0.3, -0.25) is 4.79 Å². The molecule has 0 saturated carbocycles. The molecule has 3 heterocycles. The molecule has 0 amide bonds. The van der Waals surface area contributed by atoms with Crippen LogP contribution in [-0.4, -0.2) is 21.5 Å². The van der Waals surface area contributed by atoms with E-state index in [1.54, 1.807) is 10.6 Å². The Labute approximate surface area is 173 Å². The van der Waals surface area contributed by atoms with E-state index in [-0.39, 0.29) is 11.5 Å². The predicted molar refractivity (Wildman–Crippen MR) is 121 cm³/mol. The van der Waals surface area contributed by atoms with Crippen LogP contribution >= 0.6 is 0 Å². The van der Waals surface area contributed by atoms with E-state index in [4.69, 9.17) is 4.74 Å². The van der Waals surface area contributed by atoms with Gasteiger partial charge in [0, 0.05) is 34.5 Å². The van der Waals surface area contributed by atoms with Crippen molar-refractivity contribution in [2.75, 3.05) is 6.61 Å². The largest absolute Gasteiger partial charge is 0.462 e. The van der Waals surface area contributed by atoms with Crippen LogP contribution in [-0.2, 0) is 11.3 Å². The Morgan fingerprint density at radius 1 is 0.900 bits per heavy atom. The number of benzene rings is 2. The van der Waals surface area contributed by atoms with E-state index in [9.17, 15) is 9.59 Å². The summed E-state index contributed by atoms with van der Waals surface area (Å²) in [4.78, 5) is 24.9. The van der Waals surface area contributed by atoms with Crippen molar-refractivity contribution in [3.63, 3.8) is 0 Å². The number of pyridine rings is 2. The molecule has 0 atom stereocenters. The summed E-state index contributed by atoms with van der Waals surface area (Å²) < 4.78 is 9.21. The number of hydrogen-bond acceptors (Lipinski definition) is 3. The Morgan fingerprint density at radius 3 is 2.37 bits per heavy atom. The second-order valence-electron chi connectivity index (χ2n) is 7.44. The Kier molecular flexibility index (Phi) is 4.13. The second-order valence-corrected chi connectivity index (χ2v) is 7.44. The highest BCUT2D eigenvalue weighted by Gasteiger charge is 2.20. The summed E-state index contributed by atoms with van der Waals surface area (Å²) in [6.45, 7) is 6.69. The van der Waals surface area contributed by atoms with Gasteiger partial charge in [0.15, 0.2) is 0 Å². The number of carbonyl (C=O) groups excluding carboxylic acids is 1. The smallest absolute Gasteiger partial charge is 0.339 e. The lowest BCUT2D eigenvalue weighted by molar-refractivity contribution is 0.0525. The molecule has 0 aliphatic heterocycles. The van der Waals surface area contributed by atoms with Crippen LogP contribution in [0.25, 0.3) is 38.1 Å². The highest BCUT2D eigenvalue weighted by molar-refractivity contribution is 6.22. The Morgan fingerprint density at radius 2 is 1.63 bits per heavy atom. The Bertz CT molecular complexity index is 1540. The van der Waals surface area contributed by atoms with Gasteiger partial charge >= 0.3 is 5.97 Å². The van der Waals surface area contributed by atoms with Gasteiger partial charge in [-0.1, -0.05) is 24.3 Å². The SMILES string of the molecule is CCOC(=O)c1cc2c3ccccc3c3c4ccc(=O)n(CC)c4ccc3n2c1C. The quantitative estimate of drug-likeness (QED) is 0.315. The molecule has 3 aromatic heterocycles. The maximum atomic E-state index is 12.6. The van der Waals surface area contributed by atoms with Crippen molar-refractivity contribution in [2.24, 2.45) is 0 Å². The van der Waals surface area contributed by atoms with Crippen molar-refractivity contribution >= 4 is 44.1 Å². The molecule has 0 spiro atoms. The molecule has 0 unspecified atom stereocenters. The van der Waals surface area contributed by atoms with Crippen LogP contribution in [0, 0.1) is 6.92 Å². The number of aryl methyl sites for hydroxylation is 2. The minimum atomic E-state index is -0.309. The van der Waals surface area contributed by atoms with E-state index in [2.05, 4.69) is 16.5 Å². The number of ether oxygens (including phenoxy) is 1. The van der Waals surface area contributed by atoms with E-state index < -0.39 is 0 Å². The summed E-state index contributed by atoms with van der Waals surface area (Å²) in [6.07, 6.45) is 0. The zero-order chi connectivity index (χ0) is 21.0. The standard InChI is InChI=1S/C25H22N2O3/c1-4-26-20-11-12-21-24(18(20)10-13-23(26)28)17-9-7-6-8-16(17)22-14-19(15(3)27(21)22)25(29)30-5-2/h6-14H,4-5H2,1-3H3. The summed E-state index contributed by atoms with van der Waals surface area (Å²) in [5.74, 6) is -0.309. The first kappa shape index (κ1) is 18.4. The average molecular weight is 398 g/mol. The summed E-state index contributed by atoms with van der Waals surface area (Å²) in [5, 5.41) is 4.26. The number of hydrogen-bond donors (Lipinski definition) is 0. The summed E-state index contributed by atoms with van der Waals surface area (Å²) in [7, 11) is 0. The van der Waals surface area contributed by atoms with Gasteiger partial charge in [-0.25, -0.2) is 4.79 Å². The van der Waals surface area contributed by atoms with Gasteiger partial charge in [-0.05, 0) is 50.4 Å².